The van der Waals surface area contributed by atoms with E-state index in [1.165, 1.54) is 11.3 Å². The van der Waals surface area contributed by atoms with Crippen LogP contribution in [0.2, 0.25) is 0 Å². The first-order valence-electron chi connectivity index (χ1n) is 7.80. The number of methoxy groups -OCH3 is 1. The number of carbonyl (C=O) groups is 1. The second kappa shape index (κ2) is 6.25. The maximum Gasteiger partial charge on any atom is 0.257 e. The van der Waals surface area contributed by atoms with Gasteiger partial charge < -0.3 is 14.2 Å². The predicted octanol–water partition coefficient (Wildman–Crippen LogP) is 3.64. The van der Waals surface area contributed by atoms with Gasteiger partial charge >= 0.3 is 0 Å². The number of fused-ring (bicyclic) bond motifs is 2. The Balaban J connectivity index is 1.61. The highest BCUT2D eigenvalue weighted by Crippen LogP contribution is 2.37. The van der Waals surface area contributed by atoms with E-state index in [2.05, 4.69) is 10.3 Å². The van der Waals surface area contributed by atoms with Crippen molar-refractivity contribution < 1.29 is 19.0 Å². The summed E-state index contributed by atoms with van der Waals surface area (Å²) in [6.45, 7) is 3.00. The number of hydrogen-bond donors (Lipinski definition) is 1. The van der Waals surface area contributed by atoms with E-state index < -0.39 is 0 Å². The number of carbonyl (C=O) groups excluding carboxylic acids is 1. The Labute approximate surface area is 148 Å². The van der Waals surface area contributed by atoms with Crippen molar-refractivity contribution >= 4 is 32.6 Å². The lowest BCUT2D eigenvalue weighted by atomic mass is 10.1. The summed E-state index contributed by atoms with van der Waals surface area (Å²) < 4.78 is 17.3. The lowest BCUT2D eigenvalue weighted by Gasteiger charge is -2.17. The van der Waals surface area contributed by atoms with Crippen molar-refractivity contribution in [2.24, 2.45) is 0 Å². The van der Waals surface area contributed by atoms with Crippen LogP contribution in [0.3, 0.4) is 0 Å². The average Bonchev–Trinajstić information content (AvgIpc) is 3.00. The van der Waals surface area contributed by atoms with E-state index in [0.717, 1.165) is 15.8 Å². The normalized spacial score (nSPS) is 12.9. The smallest absolute Gasteiger partial charge is 0.257 e. The average molecular weight is 356 g/mol. The zero-order valence-corrected chi connectivity index (χ0v) is 14.6. The van der Waals surface area contributed by atoms with Gasteiger partial charge in [0.1, 0.15) is 19.0 Å². The molecule has 6 nitrogen and oxygen atoms in total. The van der Waals surface area contributed by atoms with Crippen molar-refractivity contribution in [2.45, 2.75) is 6.92 Å². The molecule has 2 heterocycles. The van der Waals surface area contributed by atoms with E-state index in [1.807, 2.05) is 25.1 Å². The van der Waals surface area contributed by atoms with Crippen molar-refractivity contribution in [1.82, 2.24) is 4.98 Å². The van der Waals surface area contributed by atoms with Crippen LogP contribution in [0.25, 0.3) is 10.2 Å². The molecule has 0 saturated heterocycles. The number of ether oxygens (including phenoxy) is 3. The fourth-order valence-corrected chi connectivity index (χ4v) is 3.52. The molecule has 0 unspecified atom stereocenters. The Morgan fingerprint density at radius 1 is 1.20 bits per heavy atom. The van der Waals surface area contributed by atoms with Crippen LogP contribution in [0.4, 0.5) is 5.13 Å². The highest BCUT2D eigenvalue weighted by molar-refractivity contribution is 7.22. The van der Waals surface area contributed by atoms with Gasteiger partial charge in [0.2, 0.25) is 0 Å². The Morgan fingerprint density at radius 3 is 2.72 bits per heavy atom. The van der Waals surface area contributed by atoms with E-state index >= 15 is 0 Å². The van der Waals surface area contributed by atoms with Crippen LogP contribution in [0.1, 0.15) is 15.9 Å². The van der Waals surface area contributed by atoms with Gasteiger partial charge in [0.05, 0.1) is 17.3 Å². The molecule has 25 heavy (non-hydrogen) atoms. The number of aromatic nitrogens is 1. The number of aryl methyl sites for hydroxylation is 1. The van der Waals surface area contributed by atoms with Crippen molar-refractivity contribution in [2.75, 3.05) is 25.6 Å². The Bertz CT molecular complexity index is 924. The highest BCUT2D eigenvalue weighted by atomic mass is 32.1. The first kappa shape index (κ1) is 15.7. The number of anilines is 1. The summed E-state index contributed by atoms with van der Waals surface area (Å²) in [6, 6.07) is 9.07. The van der Waals surface area contributed by atoms with Crippen molar-refractivity contribution in [3.05, 3.63) is 41.5 Å². The zero-order valence-electron chi connectivity index (χ0n) is 13.8. The summed E-state index contributed by atoms with van der Waals surface area (Å²) in [5, 5.41) is 3.37. The molecule has 7 heteroatoms. The third-order valence-corrected chi connectivity index (χ3v) is 4.88. The monoisotopic (exact) mass is 356 g/mol. The Hall–Kier alpha value is -2.80. The summed E-state index contributed by atoms with van der Waals surface area (Å²) in [4.78, 5) is 16.9. The molecule has 2 aromatic carbocycles. The molecule has 1 amide bonds. The number of thiazole rings is 1. The van der Waals surface area contributed by atoms with Crippen LogP contribution >= 0.6 is 11.3 Å². The summed E-state index contributed by atoms with van der Waals surface area (Å²) in [7, 11) is 1.59. The number of hydrogen-bond acceptors (Lipinski definition) is 6. The minimum atomic E-state index is -0.227. The zero-order chi connectivity index (χ0) is 17.4. The van der Waals surface area contributed by atoms with Gasteiger partial charge in [0.15, 0.2) is 16.6 Å². The maximum absolute atomic E-state index is 12.5. The van der Waals surface area contributed by atoms with Gasteiger partial charge in [0, 0.05) is 17.7 Å². The van der Waals surface area contributed by atoms with Crippen molar-refractivity contribution in [3.63, 3.8) is 0 Å². The molecule has 0 spiro atoms. The SMILES string of the molecule is COc1cc(C(=O)Nc2nc3cc4c(cc3s2)OCCO4)ccc1C. The molecule has 4 rings (SSSR count). The lowest BCUT2D eigenvalue weighted by molar-refractivity contribution is 0.102. The number of amides is 1. The van der Waals surface area contributed by atoms with Crippen LogP contribution in [0.15, 0.2) is 30.3 Å². The van der Waals surface area contributed by atoms with Gasteiger partial charge in [-0.2, -0.15) is 0 Å². The fourth-order valence-electron chi connectivity index (χ4n) is 2.65. The quantitative estimate of drug-likeness (QED) is 0.776. The third-order valence-electron chi connectivity index (χ3n) is 3.94. The van der Waals surface area contributed by atoms with E-state index in [1.54, 1.807) is 19.2 Å². The molecule has 0 bridgehead atoms. The fraction of sp³-hybridized carbons (Fsp3) is 0.222. The molecule has 128 valence electrons. The van der Waals surface area contributed by atoms with Gasteiger partial charge in [0.25, 0.3) is 5.91 Å². The van der Waals surface area contributed by atoms with Crippen molar-refractivity contribution in [3.8, 4) is 17.2 Å². The van der Waals surface area contributed by atoms with Gasteiger partial charge in [-0.05, 0) is 24.6 Å². The number of rotatable bonds is 3. The van der Waals surface area contributed by atoms with Crippen LogP contribution in [-0.2, 0) is 0 Å². The molecule has 0 radical (unpaired) electrons. The minimum Gasteiger partial charge on any atom is -0.496 e. The van der Waals surface area contributed by atoms with E-state index in [0.29, 0.717) is 41.2 Å². The standard InChI is InChI=1S/C18H16N2O4S/c1-10-3-4-11(7-13(10)22-2)17(21)20-18-19-12-8-14-15(9-16(12)25-18)24-6-5-23-14/h3-4,7-9H,5-6H2,1-2H3,(H,19,20,21). The molecule has 0 saturated carbocycles. The molecule has 1 aliphatic heterocycles. The molecule has 3 aromatic rings. The molecule has 0 fully saturated rings. The van der Waals surface area contributed by atoms with E-state index in [-0.39, 0.29) is 5.91 Å². The predicted molar refractivity (Wildman–Crippen MR) is 96.3 cm³/mol. The van der Waals surface area contributed by atoms with Crippen LogP contribution in [0, 0.1) is 6.92 Å². The van der Waals surface area contributed by atoms with Crippen LogP contribution in [-0.4, -0.2) is 31.2 Å². The van der Waals surface area contributed by atoms with E-state index in [4.69, 9.17) is 14.2 Å². The number of nitrogens with one attached hydrogen (secondary N) is 1. The molecule has 0 atom stereocenters. The van der Waals surface area contributed by atoms with Crippen LogP contribution in [0.5, 0.6) is 17.2 Å². The summed E-state index contributed by atoms with van der Waals surface area (Å²) >= 11 is 1.40. The van der Waals surface area contributed by atoms with Crippen molar-refractivity contribution in [1.29, 1.82) is 0 Å². The van der Waals surface area contributed by atoms with Crippen LogP contribution < -0.4 is 19.5 Å². The molecule has 0 aliphatic carbocycles. The molecular formula is C18H16N2O4S. The highest BCUT2D eigenvalue weighted by Gasteiger charge is 2.16. The minimum absolute atomic E-state index is 0.227. The van der Waals surface area contributed by atoms with Gasteiger partial charge in [-0.15, -0.1) is 0 Å². The molecule has 1 N–H and O–H groups in total. The molecular weight excluding hydrogens is 340 g/mol. The third kappa shape index (κ3) is 2.98. The lowest BCUT2D eigenvalue weighted by Crippen LogP contribution is -2.15. The number of benzene rings is 2. The molecule has 1 aliphatic rings. The van der Waals surface area contributed by atoms with Gasteiger partial charge in [-0.1, -0.05) is 17.4 Å². The van der Waals surface area contributed by atoms with Gasteiger partial charge in [-0.25, -0.2) is 4.98 Å². The first-order chi connectivity index (χ1) is 12.1. The number of nitrogens with zero attached hydrogens (tertiary/aromatic N) is 1. The van der Waals surface area contributed by atoms with Gasteiger partial charge in [-0.3, -0.25) is 10.1 Å². The largest absolute Gasteiger partial charge is 0.496 e. The second-order valence-corrected chi connectivity index (χ2v) is 6.65. The maximum atomic E-state index is 12.5. The second-order valence-electron chi connectivity index (χ2n) is 5.62. The topological polar surface area (TPSA) is 69.7 Å². The van der Waals surface area contributed by atoms with E-state index in [9.17, 15) is 4.79 Å². The Morgan fingerprint density at radius 2 is 1.96 bits per heavy atom. The summed E-state index contributed by atoms with van der Waals surface area (Å²) in [5.74, 6) is 1.85. The Kier molecular flexibility index (Phi) is 3.93. The molecule has 1 aromatic heterocycles. The first-order valence-corrected chi connectivity index (χ1v) is 8.62. The summed E-state index contributed by atoms with van der Waals surface area (Å²) in [6.07, 6.45) is 0. The summed E-state index contributed by atoms with van der Waals surface area (Å²) in [5.41, 5.74) is 2.27.